The molecule has 0 amide bonds. The van der Waals surface area contributed by atoms with E-state index in [4.69, 9.17) is 0 Å². The van der Waals surface area contributed by atoms with E-state index in [1.54, 1.807) is 244 Å². The summed E-state index contributed by atoms with van der Waals surface area (Å²) in [6.07, 6.45) is 87.3. The van der Waals surface area contributed by atoms with Crippen molar-refractivity contribution in [2.45, 2.75) is 387 Å². The fraction of sp³-hybridized carbons (Fsp3) is 1.00. The summed E-state index contributed by atoms with van der Waals surface area (Å²) in [6.45, 7) is 9.15. The van der Waals surface area contributed by atoms with Gasteiger partial charge in [0.05, 0.1) is 0 Å². The van der Waals surface area contributed by atoms with Crippen molar-refractivity contribution in [2.75, 3.05) is 0 Å². The van der Waals surface area contributed by atoms with Gasteiger partial charge in [-0.3, -0.25) is 0 Å². The number of rotatable bonds is 7. The van der Waals surface area contributed by atoms with E-state index in [2.05, 4.69) is 13.8 Å². The molecule has 0 heteroatoms. The molecule has 0 heterocycles. The molecule has 0 saturated heterocycles. The maximum Gasteiger partial charge on any atom is -0.0380 e. The van der Waals surface area contributed by atoms with Crippen LogP contribution in [0.5, 0.6) is 0 Å². The fourth-order valence-corrected chi connectivity index (χ4v) is 20.9. The van der Waals surface area contributed by atoms with Crippen molar-refractivity contribution in [1.29, 1.82) is 0 Å². The Kier molecular flexibility index (Phi) is 31.8. The highest BCUT2D eigenvalue weighted by atomic mass is 14.4. The van der Waals surface area contributed by atoms with Crippen LogP contribution in [0.4, 0.5) is 0 Å². The number of hydrogen-bond acceptors (Lipinski definition) is 0. The van der Waals surface area contributed by atoms with Crippen molar-refractivity contribution in [3.63, 3.8) is 0 Å². The van der Waals surface area contributed by atoms with Crippen LogP contribution in [0.25, 0.3) is 0 Å². The molecule has 0 spiro atoms. The summed E-state index contributed by atoms with van der Waals surface area (Å²) in [5.41, 5.74) is 0. The molecule has 0 aromatic carbocycles. The predicted octanol–water partition coefficient (Wildman–Crippen LogP) is 25.9. The minimum atomic E-state index is 0.961. The summed E-state index contributed by atoms with van der Waals surface area (Å²) in [5.74, 6) is 16.8. The van der Waals surface area contributed by atoms with E-state index in [1.165, 1.54) is 116 Å². The van der Waals surface area contributed by atoms with E-state index in [0.717, 1.165) is 94.7 Å². The van der Waals surface area contributed by atoms with Crippen LogP contribution < -0.4 is 0 Å². The lowest BCUT2D eigenvalue weighted by molar-refractivity contribution is 0.0747. The Labute approximate surface area is 479 Å². The first-order chi connectivity index (χ1) is 37.6. The van der Waals surface area contributed by atoms with Crippen molar-refractivity contribution < 1.29 is 0 Å². The molecular weight excluding hydrogens is 913 g/mol. The van der Waals surface area contributed by atoms with Gasteiger partial charge in [-0.2, -0.15) is 0 Å². The van der Waals surface area contributed by atoms with Gasteiger partial charge in [0.25, 0.3) is 0 Å². The quantitative estimate of drug-likeness (QED) is 0.238. The molecule has 0 N–H and O–H groups in total. The molecule has 9 aliphatic rings. The van der Waals surface area contributed by atoms with Crippen LogP contribution in [0.3, 0.4) is 0 Å². The van der Waals surface area contributed by atoms with Gasteiger partial charge in [-0.1, -0.05) is 342 Å². The molecule has 10 unspecified atom stereocenters. The molecule has 9 saturated carbocycles. The van der Waals surface area contributed by atoms with Crippen LogP contribution in [0.15, 0.2) is 0 Å². The summed E-state index contributed by atoms with van der Waals surface area (Å²) >= 11 is 0. The Morgan fingerprint density at radius 1 is 0.132 bits per heavy atom. The normalized spacial score (nSPS) is 37.7. The first-order valence-electron chi connectivity index (χ1n) is 37.6. The van der Waals surface area contributed by atoms with E-state index in [-0.39, 0.29) is 0 Å². The third-order valence-corrected chi connectivity index (χ3v) is 25.3. The van der Waals surface area contributed by atoms with Gasteiger partial charge >= 0.3 is 0 Å². The van der Waals surface area contributed by atoms with Gasteiger partial charge in [0.1, 0.15) is 0 Å². The molecule has 9 rings (SSSR count). The maximum atomic E-state index is 2.76. The minimum absolute atomic E-state index is 0.961. The molecule has 444 valence electrons. The van der Waals surface area contributed by atoms with Crippen molar-refractivity contribution in [3.8, 4) is 0 Å². The molecule has 0 aromatic heterocycles. The lowest BCUT2D eigenvalue weighted by Crippen LogP contribution is -2.33. The van der Waals surface area contributed by atoms with Gasteiger partial charge in [-0.25, -0.2) is 0 Å². The van der Waals surface area contributed by atoms with E-state index in [0.29, 0.717) is 0 Å². The highest BCUT2D eigenvalue weighted by molar-refractivity contribution is 4.90. The van der Waals surface area contributed by atoms with E-state index < -0.39 is 0 Å². The van der Waals surface area contributed by atoms with Crippen LogP contribution in [-0.4, -0.2) is 0 Å². The zero-order valence-corrected chi connectivity index (χ0v) is 52.8. The van der Waals surface area contributed by atoms with E-state index >= 15 is 0 Å². The van der Waals surface area contributed by atoms with Crippen molar-refractivity contribution >= 4 is 0 Å². The SMILES string of the molecule is CC.CC1CC(C2CCCC(C3CCCCC(C4CCCCCCC4)CC3)CCC2)CCCC(C2CCCC(C3CCCCCC(C4CCCCCCC4)C3)CC(C3CCCCCCC3)C2)C1.CC1CCCCCCC1. The summed E-state index contributed by atoms with van der Waals surface area (Å²) in [4.78, 5) is 0. The Hall–Kier alpha value is 0. The van der Waals surface area contributed by atoms with Gasteiger partial charge in [0.15, 0.2) is 0 Å². The second-order valence-electron chi connectivity index (χ2n) is 30.6. The number of hydrogen-bond donors (Lipinski definition) is 0. The van der Waals surface area contributed by atoms with Crippen LogP contribution in [-0.2, 0) is 0 Å². The smallest absolute Gasteiger partial charge is 0.0380 e. The molecule has 0 aliphatic heterocycles. The molecule has 0 bridgehead atoms. The van der Waals surface area contributed by atoms with Gasteiger partial charge < -0.3 is 0 Å². The average molecular weight is 1050 g/mol. The van der Waals surface area contributed by atoms with Crippen LogP contribution in [0.2, 0.25) is 0 Å². The van der Waals surface area contributed by atoms with Crippen LogP contribution >= 0.6 is 0 Å². The molecule has 0 nitrogen and oxygen atoms in total. The van der Waals surface area contributed by atoms with E-state index in [1.807, 2.05) is 13.8 Å². The minimum Gasteiger partial charge on any atom is -0.0683 e. The zero-order chi connectivity index (χ0) is 52.8. The lowest BCUT2D eigenvalue weighted by Gasteiger charge is -2.43. The molecule has 76 heavy (non-hydrogen) atoms. The predicted molar refractivity (Wildman–Crippen MR) is 337 cm³/mol. The van der Waals surface area contributed by atoms with Crippen molar-refractivity contribution in [1.82, 2.24) is 0 Å². The van der Waals surface area contributed by atoms with Crippen molar-refractivity contribution in [3.05, 3.63) is 0 Å². The third kappa shape index (κ3) is 22.6. The monoisotopic (exact) mass is 1050 g/mol. The summed E-state index contributed by atoms with van der Waals surface area (Å²) < 4.78 is 0. The summed E-state index contributed by atoms with van der Waals surface area (Å²) in [6, 6.07) is 0. The average Bonchev–Trinajstić information content (AvgIpc) is 3.34. The van der Waals surface area contributed by atoms with Gasteiger partial charge in [-0.05, 0) is 140 Å². The highest BCUT2D eigenvalue weighted by Crippen LogP contribution is 2.51. The Bertz CT molecular complexity index is 1350. The zero-order valence-electron chi connectivity index (χ0n) is 52.8. The molecule has 9 fully saturated rings. The lowest BCUT2D eigenvalue weighted by atomic mass is 9.62. The van der Waals surface area contributed by atoms with Gasteiger partial charge in [0.2, 0.25) is 0 Å². The molecule has 0 radical (unpaired) electrons. The Balaban J connectivity index is 0.000000686. The fourth-order valence-electron chi connectivity index (χ4n) is 20.9. The Morgan fingerprint density at radius 3 is 0.658 bits per heavy atom. The maximum absolute atomic E-state index is 2.76. The van der Waals surface area contributed by atoms with Crippen LogP contribution in [0, 0.1) is 94.7 Å². The van der Waals surface area contributed by atoms with Crippen LogP contribution in [0.1, 0.15) is 387 Å². The Morgan fingerprint density at radius 2 is 0.303 bits per heavy atom. The van der Waals surface area contributed by atoms with Gasteiger partial charge in [0, 0.05) is 0 Å². The van der Waals surface area contributed by atoms with Gasteiger partial charge in [-0.15, -0.1) is 0 Å². The first-order valence-corrected chi connectivity index (χ1v) is 37.6. The molecule has 0 aromatic rings. The molecule has 10 atom stereocenters. The third-order valence-electron chi connectivity index (χ3n) is 25.3. The standard InChI is InChI=1S/C65H116.C9H18.C2H6/c1-51-46-59(55-38-22-36-53(37-23-39-55)58-33-21-20-32-57(44-45-58)52-26-12-5-2-6-13-27-52)40-24-41-60(47-51)63-42-25-43-64(50-65(49-63)56-30-16-9-4-10-17-31-56)62-35-19-11-18-34-61(48-62)54-28-14-7-3-8-15-29-54;1-9-7-5-3-2-4-6-8-9;1-2/h51-65H,2-50H2,1H3;9H,2-8H2,1H3;1-2H3. The molecular formula is C76H140. The van der Waals surface area contributed by atoms with E-state index in [9.17, 15) is 0 Å². The largest absolute Gasteiger partial charge is 0.0683 e. The second kappa shape index (κ2) is 38.0. The molecule has 9 aliphatic carbocycles. The topological polar surface area (TPSA) is 0 Å². The van der Waals surface area contributed by atoms with Crippen molar-refractivity contribution in [2.24, 2.45) is 94.7 Å². The summed E-state index contributed by atoms with van der Waals surface area (Å²) in [7, 11) is 0. The summed E-state index contributed by atoms with van der Waals surface area (Å²) in [5, 5.41) is 0. The first kappa shape index (κ1) is 63.6. The second-order valence-corrected chi connectivity index (χ2v) is 30.6. The highest BCUT2D eigenvalue weighted by Gasteiger charge is 2.39.